The number of rotatable bonds is 4. The molecule has 2 aromatic heterocycles. The lowest BCUT2D eigenvalue weighted by Gasteiger charge is -2.08. The Morgan fingerprint density at radius 1 is 0.800 bits per heavy atom. The number of aryl methyl sites for hydroxylation is 3. The molecule has 0 bridgehead atoms. The molecule has 150 valence electrons. The number of anilines is 2. The van der Waals surface area contributed by atoms with Crippen molar-refractivity contribution in [3.63, 3.8) is 0 Å². The molecule has 0 saturated carbocycles. The molecular formula is C24H22N4O2. The number of pyridine rings is 1. The van der Waals surface area contributed by atoms with E-state index in [9.17, 15) is 9.59 Å². The van der Waals surface area contributed by atoms with E-state index in [1.165, 1.54) is 0 Å². The van der Waals surface area contributed by atoms with Gasteiger partial charge in [-0.05, 0) is 61.7 Å². The predicted molar refractivity (Wildman–Crippen MR) is 118 cm³/mol. The van der Waals surface area contributed by atoms with E-state index in [-0.39, 0.29) is 23.3 Å². The molecule has 0 spiro atoms. The minimum absolute atomic E-state index is 0.153. The summed E-state index contributed by atoms with van der Waals surface area (Å²) in [4.78, 5) is 30.4. The maximum absolute atomic E-state index is 13.0. The van der Waals surface area contributed by atoms with Crippen LogP contribution < -0.4 is 10.6 Å². The van der Waals surface area contributed by atoms with Crippen molar-refractivity contribution in [2.24, 2.45) is 0 Å². The van der Waals surface area contributed by atoms with Crippen LogP contribution in [0.2, 0.25) is 0 Å². The molecule has 0 aliphatic carbocycles. The fraction of sp³-hybridized carbons (Fsp3) is 0.125. The van der Waals surface area contributed by atoms with E-state index < -0.39 is 0 Å². The third-order valence-corrected chi connectivity index (χ3v) is 5.00. The second kappa shape index (κ2) is 7.83. The number of nitrogens with one attached hydrogen (secondary N) is 2. The summed E-state index contributed by atoms with van der Waals surface area (Å²) >= 11 is 0. The van der Waals surface area contributed by atoms with Gasteiger partial charge in [0.2, 0.25) is 5.82 Å². The smallest absolute Gasteiger partial charge is 0.292 e. The number of hydrogen-bond donors (Lipinski definition) is 2. The summed E-state index contributed by atoms with van der Waals surface area (Å²) in [5.41, 5.74) is 5.14. The van der Waals surface area contributed by atoms with Crippen LogP contribution in [0.4, 0.5) is 11.4 Å². The van der Waals surface area contributed by atoms with Gasteiger partial charge in [0.1, 0.15) is 0 Å². The lowest BCUT2D eigenvalue weighted by atomic mass is 10.1. The zero-order valence-electron chi connectivity index (χ0n) is 17.1. The third kappa shape index (κ3) is 3.67. The molecule has 2 N–H and O–H groups in total. The highest BCUT2D eigenvalue weighted by Gasteiger charge is 2.22. The van der Waals surface area contributed by atoms with Crippen LogP contribution in [0.25, 0.3) is 5.52 Å². The molecule has 0 radical (unpaired) electrons. The van der Waals surface area contributed by atoms with Gasteiger partial charge in [0.15, 0.2) is 5.69 Å². The van der Waals surface area contributed by atoms with Gasteiger partial charge >= 0.3 is 0 Å². The molecule has 0 saturated heterocycles. The van der Waals surface area contributed by atoms with Gasteiger partial charge in [-0.25, -0.2) is 4.98 Å². The standard InChI is InChI=1S/C24H22N4O2/c1-15-11-12-17(3)19(14-15)26-23(29)21-20-10-6-7-13-28(20)22(27-21)24(30)25-18-9-5-4-8-16(18)2/h4-14H,1-3H3,(H,25,30)(H,26,29). The third-order valence-electron chi connectivity index (χ3n) is 5.00. The molecule has 4 aromatic rings. The molecule has 0 atom stereocenters. The van der Waals surface area contributed by atoms with Crippen molar-refractivity contribution in [3.8, 4) is 0 Å². The summed E-state index contributed by atoms with van der Waals surface area (Å²) in [6.07, 6.45) is 1.73. The number of carbonyl (C=O) groups excluding carboxylic acids is 2. The van der Waals surface area contributed by atoms with E-state index >= 15 is 0 Å². The zero-order valence-corrected chi connectivity index (χ0v) is 17.1. The van der Waals surface area contributed by atoms with Gasteiger partial charge in [-0.1, -0.05) is 36.4 Å². The van der Waals surface area contributed by atoms with Gasteiger partial charge in [-0.2, -0.15) is 0 Å². The second-order valence-corrected chi connectivity index (χ2v) is 7.28. The monoisotopic (exact) mass is 398 g/mol. The van der Waals surface area contributed by atoms with Crippen LogP contribution in [-0.2, 0) is 0 Å². The first kappa shape index (κ1) is 19.4. The van der Waals surface area contributed by atoms with Crippen molar-refractivity contribution < 1.29 is 9.59 Å². The van der Waals surface area contributed by atoms with Gasteiger partial charge < -0.3 is 10.6 Å². The van der Waals surface area contributed by atoms with Crippen LogP contribution >= 0.6 is 0 Å². The predicted octanol–water partition coefficient (Wildman–Crippen LogP) is 4.76. The number of imidazole rings is 1. The lowest BCUT2D eigenvalue weighted by molar-refractivity contribution is 0.101. The average molecular weight is 398 g/mol. The van der Waals surface area contributed by atoms with Crippen molar-refractivity contribution in [2.75, 3.05) is 10.6 Å². The molecule has 6 heteroatoms. The van der Waals surface area contributed by atoms with Crippen LogP contribution in [0.1, 0.15) is 37.8 Å². The van der Waals surface area contributed by atoms with Crippen molar-refractivity contribution in [2.45, 2.75) is 20.8 Å². The topological polar surface area (TPSA) is 75.5 Å². The summed E-state index contributed by atoms with van der Waals surface area (Å²) in [5.74, 6) is -0.585. The summed E-state index contributed by atoms with van der Waals surface area (Å²) < 4.78 is 1.63. The Balaban J connectivity index is 1.70. The van der Waals surface area contributed by atoms with Crippen molar-refractivity contribution in [3.05, 3.63) is 95.1 Å². The van der Waals surface area contributed by atoms with Crippen LogP contribution in [-0.4, -0.2) is 21.2 Å². The van der Waals surface area contributed by atoms with Crippen LogP contribution in [0, 0.1) is 20.8 Å². The van der Waals surface area contributed by atoms with E-state index in [1.54, 1.807) is 22.7 Å². The maximum atomic E-state index is 13.0. The van der Waals surface area contributed by atoms with Crippen LogP contribution in [0.3, 0.4) is 0 Å². The number of carbonyl (C=O) groups is 2. The molecule has 2 heterocycles. The number of fused-ring (bicyclic) bond motifs is 1. The number of hydrogen-bond acceptors (Lipinski definition) is 3. The molecular weight excluding hydrogens is 376 g/mol. The summed E-state index contributed by atoms with van der Waals surface area (Å²) in [7, 11) is 0. The molecule has 6 nitrogen and oxygen atoms in total. The first-order valence-corrected chi connectivity index (χ1v) is 9.66. The fourth-order valence-electron chi connectivity index (χ4n) is 3.31. The SMILES string of the molecule is Cc1ccc(C)c(NC(=O)c2nc(C(=O)Nc3ccccc3C)n3ccccc23)c1. The number of para-hydroxylation sites is 1. The Bertz CT molecular complexity index is 1270. The highest BCUT2D eigenvalue weighted by molar-refractivity contribution is 6.10. The number of nitrogens with zero attached hydrogens (tertiary/aromatic N) is 2. The molecule has 30 heavy (non-hydrogen) atoms. The lowest BCUT2D eigenvalue weighted by Crippen LogP contribution is -2.17. The van der Waals surface area contributed by atoms with Crippen molar-refractivity contribution >= 4 is 28.7 Å². The summed E-state index contributed by atoms with van der Waals surface area (Å²) in [6, 6.07) is 18.8. The quantitative estimate of drug-likeness (QED) is 0.520. The fourth-order valence-corrected chi connectivity index (χ4v) is 3.31. The number of amides is 2. The van der Waals surface area contributed by atoms with Gasteiger partial charge in [0.25, 0.3) is 11.8 Å². The molecule has 2 amide bonds. The molecule has 0 fully saturated rings. The van der Waals surface area contributed by atoms with E-state index in [1.807, 2.05) is 69.3 Å². The summed E-state index contributed by atoms with van der Waals surface area (Å²) in [6.45, 7) is 5.82. The van der Waals surface area contributed by atoms with E-state index in [0.717, 1.165) is 22.4 Å². The second-order valence-electron chi connectivity index (χ2n) is 7.28. The number of benzene rings is 2. The first-order chi connectivity index (χ1) is 14.4. The van der Waals surface area contributed by atoms with Gasteiger partial charge in [-0.15, -0.1) is 0 Å². The Kier molecular flexibility index (Phi) is 5.06. The molecule has 0 aliphatic heterocycles. The highest BCUT2D eigenvalue weighted by Crippen LogP contribution is 2.21. The van der Waals surface area contributed by atoms with E-state index in [2.05, 4.69) is 15.6 Å². The zero-order chi connectivity index (χ0) is 21.3. The Morgan fingerprint density at radius 3 is 2.30 bits per heavy atom. The van der Waals surface area contributed by atoms with Crippen LogP contribution in [0.15, 0.2) is 66.9 Å². The molecule has 0 aliphatic rings. The number of aromatic nitrogens is 2. The van der Waals surface area contributed by atoms with Gasteiger partial charge in [-0.3, -0.25) is 14.0 Å². The van der Waals surface area contributed by atoms with E-state index in [4.69, 9.17) is 0 Å². The van der Waals surface area contributed by atoms with E-state index in [0.29, 0.717) is 11.2 Å². The average Bonchev–Trinajstić information content (AvgIpc) is 3.12. The van der Waals surface area contributed by atoms with Crippen molar-refractivity contribution in [1.29, 1.82) is 0 Å². The molecule has 0 unspecified atom stereocenters. The van der Waals surface area contributed by atoms with Gasteiger partial charge in [0, 0.05) is 17.6 Å². The first-order valence-electron chi connectivity index (χ1n) is 9.66. The Hall–Kier alpha value is -3.93. The molecule has 4 rings (SSSR count). The molecule has 2 aromatic carbocycles. The highest BCUT2D eigenvalue weighted by atomic mass is 16.2. The Labute approximate surface area is 174 Å². The largest absolute Gasteiger partial charge is 0.320 e. The Morgan fingerprint density at radius 2 is 1.50 bits per heavy atom. The minimum atomic E-state index is -0.378. The van der Waals surface area contributed by atoms with Gasteiger partial charge in [0.05, 0.1) is 5.52 Å². The minimum Gasteiger partial charge on any atom is -0.320 e. The summed E-state index contributed by atoms with van der Waals surface area (Å²) in [5, 5.41) is 5.81. The van der Waals surface area contributed by atoms with Crippen molar-refractivity contribution in [1.82, 2.24) is 9.38 Å². The van der Waals surface area contributed by atoms with Crippen LogP contribution in [0.5, 0.6) is 0 Å². The maximum Gasteiger partial charge on any atom is 0.292 e. The normalized spacial score (nSPS) is 10.8.